The lowest BCUT2D eigenvalue weighted by atomic mass is 10.0. The number of likely N-dealkylation sites (tertiary alicyclic amines) is 1. The summed E-state index contributed by atoms with van der Waals surface area (Å²) in [6, 6.07) is 6.52. The predicted octanol–water partition coefficient (Wildman–Crippen LogP) is 1.68. The number of carboxylic acid groups (broad SMARTS) is 1. The molecule has 1 aliphatic heterocycles. The molecule has 0 radical (unpaired) electrons. The van der Waals surface area contributed by atoms with E-state index >= 15 is 0 Å². The zero-order chi connectivity index (χ0) is 17.9. The maximum atomic E-state index is 12.7. The molecule has 0 aromatic heterocycles. The topological polar surface area (TPSA) is 86.7 Å². The van der Waals surface area contributed by atoms with Crippen LogP contribution in [0.5, 0.6) is 0 Å². The molecule has 6 nitrogen and oxygen atoms in total. The van der Waals surface area contributed by atoms with E-state index in [1.54, 1.807) is 23.1 Å². The van der Waals surface area contributed by atoms with Crippen LogP contribution in [0.4, 0.5) is 0 Å². The maximum Gasteiger partial charge on any atom is 0.308 e. The Bertz CT molecular complexity index is 642. The Morgan fingerprint density at radius 3 is 2.54 bits per heavy atom. The fourth-order valence-electron chi connectivity index (χ4n) is 2.88. The van der Waals surface area contributed by atoms with E-state index in [4.69, 9.17) is 5.11 Å². The van der Waals surface area contributed by atoms with Crippen molar-refractivity contribution in [2.24, 2.45) is 11.8 Å². The number of rotatable bonds is 5. The molecule has 0 bridgehead atoms. The first-order chi connectivity index (χ1) is 11.3. The minimum absolute atomic E-state index is 0.0878. The molecular formula is C18H24N2O4. The van der Waals surface area contributed by atoms with Crippen LogP contribution in [0, 0.1) is 18.8 Å². The Kier molecular flexibility index (Phi) is 5.59. The van der Waals surface area contributed by atoms with Crippen LogP contribution in [0.1, 0.15) is 36.2 Å². The van der Waals surface area contributed by atoms with E-state index in [-0.39, 0.29) is 24.3 Å². The second-order valence-electron chi connectivity index (χ2n) is 6.67. The van der Waals surface area contributed by atoms with E-state index in [0.29, 0.717) is 18.5 Å². The molecule has 1 aliphatic rings. The van der Waals surface area contributed by atoms with Gasteiger partial charge in [-0.05, 0) is 31.4 Å². The standard InChI is InChI=1S/C18H24N2O4/c1-11(2)15(17(22)20-8-7-14(10-20)18(23)24)19-16(21)13-6-4-5-12(3)9-13/h4-6,9,11,14-15H,7-8,10H2,1-3H3,(H,19,21)(H,23,24). The van der Waals surface area contributed by atoms with Gasteiger partial charge >= 0.3 is 5.97 Å². The van der Waals surface area contributed by atoms with Crippen LogP contribution in [0.25, 0.3) is 0 Å². The summed E-state index contributed by atoms with van der Waals surface area (Å²) in [6.07, 6.45) is 0.456. The summed E-state index contributed by atoms with van der Waals surface area (Å²) < 4.78 is 0. The van der Waals surface area contributed by atoms with Crippen molar-refractivity contribution >= 4 is 17.8 Å². The van der Waals surface area contributed by atoms with E-state index in [9.17, 15) is 14.4 Å². The van der Waals surface area contributed by atoms with Crippen molar-refractivity contribution in [2.75, 3.05) is 13.1 Å². The Hall–Kier alpha value is -2.37. The van der Waals surface area contributed by atoms with Crippen molar-refractivity contribution in [2.45, 2.75) is 33.2 Å². The van der Waals surface area contributed by atoms with E-state index in [2.05, 4.69) is 5.32 Å². The number of hydrogen-bond acceptors (Lipinski definition) is 3. The van der Waals surface area contributed by atoms with Crippen molar-refractivity contribution in [1.29, 1.82) is 0 Å². The lowest BCUT2D eigenvalue weighted by Gasteiger charge is -2.27. The third-order valence-electron chi connectivity index (χ3n) is 4.35. The Balaban J connectivity index is 2.08. The molecule has 0 aliphatic carbocycles. The third kappa shape index (κ3) is 4.13. The molecule has 2 N–H and O–H groups in total. The number of carbonyl (C=O) groups excluding carboxylic acids is 2. The van der Waals surface area contributed by atoms with Gasteiger partial charge in [0.1, 0.15) is 6.04 Å². The highest BCUT2D eigenvalue weighted by molar-refractivity contribution is 5.97. The third-order valence-corrected chi connectivity index (χ3v) is 4.35. The number of nitrogens with one attached hydrogen (secondary N) is 1. The SMILES string of the molecule is Cc1cccc(C(=O)NC(C(=O)N2CCC(C(=O)O)C2)C(C)C)c1. The number of hydrogen-bond donors (Lipinski definition) is 2. The Labute approximate surface area is 141 Å². The molecule has 2 amide bonds. The van der Waals surface area contributed by atoms with Crippen LogP contribution in [0.2, 0.25) is 0 Å². The summed E-state index contributed by atoms with van der Waals surface area (Å²) in [5, 5.41) is 11.9. The van der Waals surface area contributed by atoms with Crippen LogP contribution >= 0.6 is 0 Å². The van der Waals surface area contributed by atoms with Gasteiger partial charge < -0.3 is 15.3 Å². The molecule has 2 unspecified atom stereocenters. The highest BCUT2D eigenvalue weighted by Crippen LogP contribution is 2.19. The zero-order valence-corrected chi connectivity index (χ0v) is 14.3. The predicted molar refractivity (Wildman–Crippen MR) is 89.6 cm³/mol. The molecule has 2 rings (SSSR count). The minimum Gasteiger partial charge on any atom is -0.481 e. The highest BCUT2D eigenvalue weighted by Gasteiger charge is 2.35. The van der Waals surface area contributed by atoms with Crippen LogP contribution in [-0.2, 0) is 9.59 Å². The van der Waals surface area contributed by atoms with Crippen LogP contribution in [0.15, 0.2) is 24.3 Å². The number of nitrogens with zero attached hydrogens (tertiary/aromatic N) is 1. The monoisotopic (exact) mass is 332 g/mol. The van der Waals surface area contributed by atoms with E-state index in [1.807, 2.05) is 26.8 Å². The van der Waals surface area contributed by atoms with Gasteiger partial charge in [-0.3, -0.25) is 14.4 Å². The molecule has 130 valence electrons. The number of amides is 2. The van der Waals surface area contributed by atoms with Gasteiger partial charge in [0.25, 0.3) is 5.91 Å². The number of carboxylic acids is 1. The maximum absolute atomic E-state index is 12.7. The molecule has 0 saturated carbocycles. The summed E-state index contributed by atoms with van der Waals surface area (Å²) in [7, 11) is 0. The molecule has 6 heteroatoms. The van der Waals surface area contributed by atoms with Gasteiger partial charge in [0.15, 0.2) is 0 Å². The summed E-state index contributed by atoms with van der Waals surface area (Å²) >= 11 is 0. The summed E-state index contributed by atoms with van der Waals surface area (Å²) in [5.74, 6) is -1.99. The van der Waals surface area contributed by atoms with Crippen LogP contribution < -0.4 is 5.32 Å². The van der Waals surface area contributed by atoms with E-state index in [0.717, 1.165) is 5.56 Å². The van der Waals surface area contributed by atoms with Gasteiger partial charge in [-0.15, -0.1) is 0 Å². The summed E-state index contributed by atoms with van der Waals surface area (Å²) in [6.45, 7) is 6.25. The average Bonchev–Trinajstić information content (AvgIpc) is 3.01. The molecular weight excluding hydrogens is 308 g/mol. The van der Waals surface area contributed by atoms with Crippen LogP contribution in [-0.4, -0.2) is 46.9 Å². The van der Waals surface area contributed by atoms with Gasteiger partial charge in [0, 0.05) is 18.7 Å². The van der Waals surface area contributed by atoms with Gasteiger partial charge in [0.05, 0.1) is 5.92 Å². The molecule has 24 heavy (non-hydrogen) atoms. The van der Waals surface area contributed by atoms with Crippen LogP contribution in [0.3, 0.4) is 0 Å². The molecule has 1 fully saturated rings. The molecule has 2 atom stereocenters. The number of benzene rings is 1. The first-order valence-corrected chi connectivity index (χ1v) is 8.18. The Morgan fingerprint density at radius 1 is 1.29 bits per heavy atom. The van der Waals surface area contributed by atoms with Crippen molar-refractivity contribution in [3.63, 3.8) is 0 Å². The molecule has 1 heterocycles. The zero-order valence-electron chi connectivity index (χ0n) is 14.3. The van der Waals surface area contributed by atoms with Crippen molar-refractivity contribution < 1.29 is 19.5 Å². The minimum atomic E-state index is -0.879. The first-order valence-electron chi connectivity index (χ1n) is 8.18. The lowest BCUT2D eigenvalue weighted by molar-refractivity contribution is -0.141. The highest BCUT2D eigenvalue weighted by atomic mass is 16.4. The normalized spacial score (nSPS) is 18.5. The smallest absolute Gasteiger partial charge is 0.308 e. The fraction of sp³-hybridized carbons (Fsp3) is 0.500. The number of aryl methyl sites for hydroxylation is 1. The van der Waals surface area contributed by atoms with Crippen molar-refractivity contribution in [3.05, 3.63) is 35.4 Å². The van der Waals surface area contributed by atoms with Gasteiger partial charge in [-0.25, -0.2) is 0 Å². The van der Waals surface area contributed by atoms with Gasteiger partial charge in [-0.2, -0.15) is 0 Å². The lowest BCUT2D eigenvalue weighted by Crippen LogP contribution is -2.50. The van der Waals surface area contributed by atoms with E-state index < -0.39 is 17.9 Å². The number of aliphatic carboxylic acids is 1. The quantitative estimate of drug-likeness (QED) is 0.859. The van der Waals surface area contributed by atoms with Gasteiger partial charge in [0.2, 0.25) is 5.91 Å². The summed E-state index contributed by atoms with van der Waals surface area (Å²) in [5.41, 5.74) is 1.48. The first kappa shape index (κ1) is 18.0. The molecule has 1 saturated heterocycles. The molecule has 1 aromatic rings. The summed E-state index contributed by atoms with van der Waals surface area (Å²) in [4.78, 5) is 37.7. The van der Waals surface area contributed by atoms with Crippen molar-refractivity contribution in [1.82, 2.24) is 10.2 Å². The molecule has 1 aromatic carbocycles. The Morgan fingerprint density at radius 2 is 2.00 bits per heavy atom. The average molecular weight is 332 g/mol. The van der Waals surface area contributed by atoms with E-state index in [1.165, 1.54) is 0 Å². The largest absolute Gasteiger partial charge is 0.481 e. The number of carbonyl (C=O) groups is 3. The second-order valence-corrected chi connectivity index (χ2v) is 6.67. The fourth-order valence-corrected chi connectivity index (χ4v) is 2.88. The second kappa shape index (κ2) is 7.47. The molecule has 0 spiro atoms. The van der Waals surface area contributed by atoms with Crippen molar-refractivity contribution in [3.8, 4) is 0 Å². The van der Waals surface area contributed by atoms with Gasteiger partial charge in [-0.1, -0.05) is 31.5 Å².